The average molecular weight is 242 g/mol. The molecule has 88 valence electrons. The lowest BCUT2D eigenvalue weighted by molar-refractivity contribution is 0.623. The predicted molar refractivity (Wildman–Crippen MR) is 68.2 cm³/mol. The summed E-state index contributed by atoms with van der Waals surface area (Å²) in [5.74, 6) is -0.249. The van der Waals surface area contributed by atoms with Gasteiger partial charge >= 0.3 is 0 Å². The summed E-state index contributed by atoms with van der Waals surface area (Å²) in [6.45, 7) is 4.81. The highest BCUT2D eigenvalue weighted by atomic mass is 35.5. The maximum Gasteiger partial charge on any atom is 0.132 e. The smallest absolute Gasteiger partial charge is 0.132 e. The summed E-state index contributed by atoms with van der Waals surface area (Å²) in [4.78, 5) is 4.22. The van der Waals surface area contributed by atoms with E-state index in [1.807, 2.05) is 6.92 Å². The van der Waals surface area contributed by atoms with E-state index in [4.69, 9.17) is 11.6 Å². The third-order valence-electron chi connectivity index (χ3n) is 2.46. The van der Waals surface area contributed by atoms with Crippen LogP contribution in [0.2, 0.25) is 5.02 Å². The van der Waals surface area contributed by atoms with Crippen LogP contribution in [-0.4, -0.2) is 12.8 Å². The molecular formula is C13H17ClFN. The zero-order valence-corrected chi connectivity index (χ0v) is 10.5. The third kappa shape index (κ3) is 3.31. The molecule has 1 nitrogen and oxygen atoms in total. The molecule has 1 aromatic rings. The van der Waals surface area contributed by atoms with Crippen LogP contribution in [0.3, 0.4) is 0 Å². The van der Waals surface area contributed by atoms with E-state index < -0.39 is 0 Å². The normalized spacial score (nSPS) is 11.2. The Kier molecular flexibility index (Phi) is 5.47. The molecule has 0 aliphatic carbocycles. The Morgan fingerprint density at radius 1 is 1.38 bits per heavy atom. The first-order chi connectivity index (χ1) is 7.70. The van der Waals surface area contributed by atoms with Crippen molar-refractivity contribution in [2.75, 3.05) is 6.54 Å². The molecule has 0 N–H and O–H groups in total. The number of halogens is 2. The minimum absolute atomic E-state index is 0.249. The van der Waals surface area contributed by atoms with Crippen LogP contribution in [0, 0.1) is 5.82 Å². The van der Waals surface area contributed by atoms with Crippen molar-refractivity contribution < 1.29 is 4.39 Å². The van der Waals surface area contributed by atoms with Gasteiger partial charge < -0.3 is 0 Å². The van der Waals surface area contributed by atoms with E-state index in [9.17, 15) is 4.39 Å². The molecule has 0 unspecified atom stereocenters. The zero-order valence-electron chi connectivity index (χ0n) is 9.76. The SMILES string of the molecule is CCCC/N=C/c1c(F)ccc(Cl)c1CC. The number of benzene rings is 1. The molecule has 0 saturated carbocycles. The number of rotatable bonds is 5. The number of hydrogen-bond donors (Lipinski definition) is 0. The molecule has 1 aromatic carbocycles. The first kappa shape index (κ1) is 13.2. The van der Waals surface area contributed by atoms with E-state index in [0.29, 0.717) is 17.0 Å². The van der Waals surface area contributed by atoms with Gasteiger partial charge in [0.05, 0.1) is 0 Å². The van der Waals surface area contributed by atoms with E-state index in [2.05, 4.69) is 11.9 Å². The van der Waals surface area contributed by atoms with Crippen molar-refractivity contribution in [1.82, 2.24) is 0 Å². The van der Waals surface area contributed by atoms with Crippen molar-refractivity contribution in [3.8, 4) is 0 Å². The average Bonchev–Trinajstić information content (AvgIpc) is 2.29. The van der Waals surface area contributed by atoms with E-state index >= 15 is 0 Å². The first-order valence-corrected chi connectivity index (χ1v) is 6.05. The fourth-order valence-electron chi connectivity index (χ4n) is 1.51. The second-order valence-corrected chi connectivity index (χ2v) is 4.07. The summed E-state index contributed by atoms with van der Waals surface area (Å²) in [5.41, 5.74) is 1.37. The number of nitrogens with zero attached hydrogens (tertiary/aromatic N) is 1. The van der Waals surface area contributed by atoms with E-state index in [0.717, 1.165) is 24.9 Å². The van der Waals surface area contributed by atoms with Gasteiger partial charge in [0.2, 0.25) is 0 Å². The largest absolute Gasteiger partial charge is 0.292 e. The lowest BCUT2D eigenvalue weighted by Gasteiger charge is -2.06. The molecule has 0 fully saturated rings. The standard InChI is InChI=1S/C13H17ClFN/c1-3-5-8-16-9-11-10(4-2)12(14)6-7-13(11)15/h6-7,9H,3-5,8H2,1-2H3/b16-9+. The molecule has 0 bridgehead atoms. The van der Waals surface area contributed by atoms with Gasteiger partial charge in [-0.25, -0.2) is 4.39 Å². The summed E-state index contributed by atoms with van der Waals surface area (Å²) in [5, 5.41) is 0.612. The summed E-state index contributed by atoms with van der Waals surface area (Å²) < 4.78 is 13.6. The van der Waals surface area contributed by atoms with E-state index in [-0.39, 0.29) is 5.82 Å². The zero-order chi connectivity index (χ0) is 12.0. The summed E-state index contributed by atoms with van der Waals surface area (Å²) >= 11 is 6.01. The predicted octanol–water partition coefficient (Wildman–Crippen LogP) is 4.26. The molecule has 0 aliphatic rings. The van der Waals surface area contributed by atoms with Gasteiger partial charge in [0.1, 0.15) is 5.82 Å². The van der Waals surface area contributed by atoms with Crippen LogP contribution in [0.5, 0.6) is 0 Å². The highest BCUT2D eigenvalue weighted by Gasteiger charge is 2.08. The molecule has 0 radical (unpaired) electrons. The van der Waals surface area contributed by atoms with Gasteiger partial charge in [0.15, 0.2) is 0 Å². The van der Waals surface area contributed by atoms with E-state index in [1.54, 1.807) is 12.3 Å². The van der Waals surface area contributed by atoms with Gasteiger partial charge in [-0.2, -0.15) is 0 Å². The highest BCUT2D eigenvalue weighted by Crippen LogP contribution is 2.22. The molecule has 16 heavy (non-hydrogen) atoms. The minimum Gasteiger partial charge on any atom is -0.292 e. The Balaban J connectivity index is 2.93. The monoisotopic (exact) mass is 241 g/mol. The quantitative estimate of drug-likeness (QED) is 0.540. The molecule has 0 atom stereocenters. The molecule has 3 heteroatoms. The van der Waals surface area contributed by atoms with Crippen molar-refractivity contribution in [3.05, 3.63) is 34.1 Å². The molecule has 0 heterocycles. The van der Waals surface area contributed by atoms with Crippen LogP contribution in [0.25, 0.3) is 0 Å². The molecular weight excluding hydrogens is 225 g/mol. The lowest BCUT2D eigenvalue weighted by Crippen LogP contribution is -1.98. The first-order valence-electron chi connectivity index (χ1n) is 5.67. The highest BCUT2D eigenvalue weighted by molar-refractivity contribution is 6.31. The van der Waals surface area contributed by atoms with Crippen molar-refractivity contribution in [1.29, 1.82) is 0 Å². The minimum atomic E-state index is -0.249. The van der Waals surface area contributed by atoms with Crippen LogP contribution >= 0.6 is 11.6 Å². The Labute approximate surface area is 101 Å². The summed E-state index contributed by atoms with van der Waals surface area (Å²) in [6, 6.07) is 2.99. The van der Waals surface area contributed by atoms with Crippen molar-refractivity contribution in [2.24, 2.45) is 4.99 Å². The Morgan fingerprint density at radius 3 is 2.75 bits per heavy atom. The van der Waals surface area contributed by atoms with Gasteiger partial charge in [0.25, 0.3) is 0 Å². The molecule has 0 aliphatic heterocycles. The fraction of sp³-hybridized carbons (Fsp3) is 0.462. The van der Waals surface area contributed by atoms with Crippen LogP contribution in [0.1, 0.15) is 37.8 Å². The fourth-order valence-corrected chi connectivity index (χ4v) is 1.81. The molecule has 1 rings (SSSR count). The van der Waals surface area contributed by atoms with Gasteiger partial charge in [-0.05, 0) is 30.5 Å². The molecule has 0 saturated heterocycles. The number of hydrogen-bond acceptors (Lipinski definition) is 1. The Hall–Kier alpha value is -0.890. The summed E-state index contributed by atoms with van der Waals surface area (Å²) in [6.07, 6.45) is 4.44. The Bertz CT molecular complexity index is 374. The van der Waals surface area contributed by atoms with Gasteiger partial charge in [-0.1, -0.05) is 31.9 Å². The number of unbranched alkanes of at least 4 members (excludes halogenated alkanes) is 1. The van der Waals surface area contributed by atoms with Crippen molar-refractivity contribution in [3.63, 3.8) is 0 Å². The lowest BCUT2D eigenvalue weighted by atomic mass is 10.1. The Morgan fingerprint density at radius 2 is 2.12 bits per heavy atom. The molecule has 0 spiro atoms. The molecule has 0 amide bonds. The van der Waals surface area contributed by atoms with Crippen LogP contribution < -0.4 is 0 Å². The van der Waals surface area contributed by atoms with Crippen molar-refractivity contribution >= 4 is 17.8 Å². The van der Waals surface area contributed by atoms with Crippen LogP contribution in [0.15, 0.2) is 17.1 Å². The second-order valence-electron chi connectivity index (χ2n) is 3.66. The van der Waals surface area contributed by atoms with Crippen molar-refractivity contribution in [2.45, 2.75) is 33.1 Å². The summed E-state index contributed by atoms with van der Waals surface area (Å²) in [7, 11) is 0. The molecule has 0 aromatic heterocycles. The van der Waals surface area contributed by atoms with Gasteiger partial charge in [-0.3, -0.25) is 4.99 Å². The van der Waals surface area contributed by atoms with Gasteiger partial charge in [-0.15, -0.1) is 0 Å². The second kappa shape index (κ2) is 6.64. The van der Waals surface area contributed by atoms with Gasteiger partial charge in [0, 0.05) is 23.3 Å². The maximum absolute atomic E-state index is 13.6. The van der Waals surface area contributed by atoms with Crippen LogP contribution in [0.4, 0.5) is 4.39 Å². The van der Waals surface area contributed by atoms with Crippen LogP contribution in [-0.2, 0) is 6.42 Å². The third-order valence-corrected chi connectivity index (χ3v) is 2.82. The van der Waals surface area contributed by atoms with E-state index in [1.165, 1.54) is 6.07 Å². The maximum atomic E-state index is 13.6. The number of aliphatic imine (C=N–C) groups is 1. The topological polar surface area (TPSA) is 12.4 Å².